The van der Waals surface area contributed by atoms with Gasteiger partial charge in [-0.15, -0.1) is 0 Å². The summed E-state index contributed by atoms with van der Waals surface area (Å²) in [5, 5.41) is 8.63. The highest BCUT2D eigenvalue weighted by Crippen LogP contribution is 2.12. The number of unbranched alkanes of at least 4 members (excludes halogenated alkanes) is 1. The van der Waals surface area contributed by atoms with Gasteiger partial charge in [-0.1, -0.05) is 11.8 Å². The Kier molecular flexibility index (Phi) is 5.59. The van der Waals surface area contributed by atoms with Gasteiger partial charge < -0.3 is 9.84 Å². The molecule has 0 aliphatic rings. The van der Waals surface area contributed by atoms with E-state index in [1.807, 2.05) is 20.8 Å². The Balaban J connectivity index is 2.65. The largest absolute Gasteiger partial charge is 0.456 e. The first-order chi connectivity index (χ1) is 8.92. The minimum absolute atomic E-state index is 0.159. The first-order valence-corrected chi connectivity index (χ1v) is 6.35. The van der Waals surface area contributed by atoms with E-state index < -0.39 is 5.60 Å². The molecule has 1 rings (SSSR count). The molecule has 0 saturated heterocycles. The zero-order valence-electron chi connectivity index (χ0n) is 11.7. The van der Waals surface area contributed by atoms with Gasteiger partial charge in [0, 0.05) is 18.6 Å². The second-order valence-electron chi connectivity index (χ2n) is 5.21. The van der Waals surface area contributed by atoms with Crippen molar-refractivity contribution >= 4 is 5.97 Å². The summed E-state index contributed by atoms with van der Waals surface area (Å²) in [7, 11) is 0. The number of rotatable bonds is 3. The Labute approximate surface area is 114 Å². The lowest BCUT2D eigenvalue weighted by Crippen LogP contribution is -2.23. The van der Waals surface area contributed by atoms with Crippen molar-refractivity contribution in [2.45, 2.75) is 39.2 Å². The van der Waals surface area contributed by atoms with Crippen LogP contribution in [0.3, 0.4) is 0 Å². The monoisotopic (exact) mass is 260 g/mol. The maximum Gasteiger partial charge on any atom is 0.338 e. The molecule has 0 atom stereocenters. The fourth-order valence-electron chi connectivity index (χ4n) is 1.36. The van der Waals surface area contributed by atoms with Gasteiger partial charge in [0.15, 0.2) is 0 Å². The Morgan fingerprint density at radius 3 is 2.42 bits per heavy atom. The van der Waals surface area contributed by atoms with Crippen molar-refractivity contribution in [3.05, 3.63) is 35.4 Å². The standard InChI is InChI=1S/C16H20O3/c1-16(2,3)19-15(18)14-10-8-13(9-11-14)7-5-4-6-12-17/h8-11,17H,4,6,12H2,1-3H3. The Morgan fingerprint density at radius 1 is 1.26 bits per heavy atom. The van der Waals surface area contributed by atoms with Crippen LogP contribution in [0.5, 0.6) is 0 Å². The number of esters is 1. The highest BCUT2D eigenvalue weighted by molar-refractivity contribution is 5.89. The molecule has 102 valence electrons. The van der Waals surface area contributed by atoms with Gasteiger partial charge in [-0.25, -0.2) is 4.79 Å². The molecule has 0 radical (unpaired) electrons. The first-order valence-electron chi connectivity index (χ1n) is 6.35. The second-order valence-corrected chi connectivity index (χ2v) is 5.21. The molecule has 3 nitrogen and oxygen atoms in total. The fraction of sp³-hybridized carbons (Fsp3) is 0.438. The molecule has 1 N–H and O–H groups in total. The highest BCUT2D eigenvalue weighted by atomic mass is 16.6. The molecule has 0 heterocycles. The summed E-state index contributed by atoms with van der Waals surface area (Å²) >= 11 is 0. The molecule has 0 spiro atoms. The van der Waals surface area contributed by atoms with Crippen LogP contribution in [-0.2, 0) is 4.74 Å². The van der Waals surface area contributed by atoms with Crippen molar-refractivity contribution in [3.8, 4) is 11.8 Å². The van der Waals surface area contributed by atoms with Crippen LogP contribution in [0, 0.1) is 11.8 Å². The lowest BCUT2D eigenvalue weighted by Gasteiger charge is -2.19. The lowest BCUT2D eigenvalue weighted by molar-refractivity contribution is 0.00695. The van der Waals surface area contributed by atoms with Gasteiger partial charge >= 0.3 is 5.97 Å². The summed E-state index contributed by atoms with van der Waals surface area (Å²) in [6.45, 7) is 5.68. The van der Waals surface area contributed by atoms with Crippen molar-refractivity contribution in [3.63, 3.8) is 0 Å². The van der Waals surface area contributed by atoms with Crippen LogP contribution >= 0.6 is 0 Å². The van der Waals surface area contributed by atoms with E-state index in [9.17, 15) is 4.79 Å². The minimum atomic E-state index is -0.486. The minimum Gasteiger partial charge on any atom is -0.456 e. The van der Waals surface area contributed by atoms with E-state index in [1.54, 1.807) is 24.3 Å². The average molecular weight is 260 g/mol. The molecule has 0 unspecified atom stereocenters. The first kappa shape index (κ1) is 15.3. The van der Waals surface area contributed by atoms with Crippen molar-refractivity contribution in [1.29, 1.82) is 0 Å². The fourth-order valence-corrected chi connectivity index (χ4v) is 1.36. The quantitative estimate of drug-likeness (QED) is 0.516. The average Bonchev–Trinajstić information content (AvgIpc) is 2.33. The molecule has 0 fully saturated rings. The van der Waals surface area contributed by atoms with E-state index in [1.165, 1.54) is 0 Å². The summed E-state index contributed by atoms with van der Waals surface area (Å²) in [5.74, 6) is 5.62. The van der Waals surface area contributed by atoms with Crippen molar-refractivity contribution in [1.82, 2.24) is 0 Å². The molecule has 19 heavy (non-hydrogen) atoms. The van der Waals surface area contributed by atoms with E-state index >= 15 is 0 Å². The van der Waals surface area contributed by atoms with Gasteiger partial charge in [0.25, 0.3) is 0 Å². The second kappa shape index (κ2) is 6.96. The summed E-state index contributed by atoms with van der Waals surface area (Å²) < 4.78 is 5.27. The number of benzene rings is 1. The van der Waals surface area contributed by atoms with Crippen LogP contribution in [-0.4, -0.2) is 23.3 Å². The topological polar surface area (TPSA) is 46.5 Å². The lowest BCUT2D eigenvalue weighted by atomic mass is 10.1. The molecule has 1 aromatic rings. The third-order valence-corrected chi connectivity index (χ3v) is 2.21. The third-order valence-electron chi connectivity index (χ3n) is 2.21. The van der Waals surface area contributed by atoms with Crippen molar-refractivity contribution in [2.75, 3.05) is 6.61 Å². The van der Waals surface area contributed by atoms with Gasteiger partial charge in [-0.05, 0) is 51.5 Å². The van der Waals surface area contributed by atoms with Gasteiger partial charge in [-0.2, -0.15) is 0 Å². The molecular weight excluding hydrogens is 240 g/mol. The number of carbonyl (C=O) groups excluding carboxylic acids is 1. The number of aliphatic hydroxyl groups excluding tert-OH is 1. The van der Waals surface area contributed by atoms with Crippen LogP contribution in [0.4, 0.5) is 0 Å². The predicted octanol–water partition coefficient (Wildman–Crippen LogP) is 2.77. The molecule has 3 heteroatoms. The maximum absolute atomic E-state index is 11.8. The summed E-state index contributed by atoms with van der Waals surface area (Å²) in [4.78, 5) is 11.8. The highest BCUT2D eigenvalue weighted by Gasteiger charge is 2.17. The summed E-state index contributed by atoms with van der Waals surface area (Å²) in [6, 6.07) is 7.02. The van der Waals surface area contributed by atoms with Crippen LogP contribution in [0.1, 0.15) is 49.5 Å². The molecular formula is C16H20O3. The Morgan fingerprint density at radius 2 is 1.89 bits per heavy atom. The zero-order valence-corrected chi connectivity index (χ0v) is 11.7. The third kappa shape index (κ3) is 6.08. The molecule has 0 aliphatic carbocycles. The number of ether oxygens (including phenoxy) is 1. The smallest absolute Gasteiger partial charge is 0.338 e. The molecule has 0 amide bonds. The number of carbonyl (C=O) groups is 1. The van der Waals surface area contributed by atoms with Crippen LogP contribution in [0.25, 0.3) is 0 Å². The zero-order chi connectivity index (χ0) is 14.3. The van der Waals surface area contributed by atoms with E-state index in [0.717, 1.165) is 5.56 Å². The summed E-state index contributed by atoms with van der Waals surface area (Å²) in [6.07, 6.45) is 1.35. The van der Waals surface area contributed by atoms with Gasteiger partial charge in [-0.3, -0.25) is 0 Å². The summed E-state index contributed by atoms with van der Waals surface area (Å²) in [5.41, 5.74) is 0.890. The van der Waals surface area contributed by atoms with Gasteiger partial charge in [0.2, 0.25) is 0 Å². The number of aliphatic hydroxyl groups is 1. The van der Waals surface area contributed by atoms with E-state index in [4.69, 9.17) is 9.84 Å². The normalized spacial score (nSPS) is 10.5. The number of hydrogen-bond acceptors (Lipinski definition) is 3. The predicted molar refractivity (Wildman–Crippen MR) is 74.8 cm³/mol. The molecule has 0 bridgehead atoms. The van der Waals surface area contributed by atoms with E-state index in [-0.39, 0.29) is 12.6 Å². The van der Waals surface area contributed by atoms with E-state index in [0.29, 0.717) is 18.4 Å². The molecule has 0 aliphatic heterocycles. The Bertz CT molecular complexity index is 469. The van der Waals surface area contributed by atoms with Gasteiger partial charge in [0.1, 0.15) is 5.60 Å². The van der Waals surface area contributed by atoms with Crippen LogP contribution in [0.15, 0.2) is 24.3 Å². The number of hydrogen-bond donors (Lipinski definition) is 1. The molecule has 1 aromatic carbocycles. The van der Waals surface area contributed by atoms with Crippen molar-refractivity contribution < 1.29 is 14.6 Å². The maximum atomic E-state index is 11.8. The SMILES string of the molecule is CC(C)(C)OC(=O)c1ccc(C#CCCCO)cc1. The van der Waals surface area contributed by atoms with Crippen LogP contribution in [0.2, 0.25) is 0 Å². The van der Waals surface area contributed by atoms with Gasteiger partial charge in [0.05, 0.1) is 5.56 Å². The van der Waals surface area contributed by atoms with Crippen molar-refractivity contribution in [2.24, 2.45) is 0 Å². The molecule has 0 aromatic heterocycles. The Hall–Kier alpha value is -1.79. The van der Waals surface area contributed by atoms with Crippen LogP contribution < -0.4 is 0 Å². The molecule has 0 saturated carbocycles. The van der Waals surface area contributed by atoms with E-state index in [2.05, 4.69) is 11.8 Å².